The summed E-state index contributed by atoms with van der Waals surface area (Å²) in [6.45, 7) is 19.5. The summed E-state index contributed by atoms with van der Waals surface area (Å²) in [6.07, 6.45) is 8.54. The highest BCUT2D eigenvalue weighted by atomic mass is 14.5. The number of hydrogen-bond donors (Lipinski definition) is 0. The zero-order chi connectivity index (χ0) is 16.2. The Morgan fingerprint density at radius 2 is 1.62 bits per heavy atom. The second kappa shape index (κ2) is 8.02. The molecular formula is C21H42. The molecule has 0 spiro atoms. The molecule has 0 heterocycles. The third kappa shape index (κ3) is 6.33. The largest absolute Gasteiger partial charge is 0.0654 e. The quantitative estimate of drug-likeness (QED) is 0.400. The molecule has 0 aliphatic heterocycles. The molecule has 0 aromatic heterocycles. The second-order valence-corrected chi connectivity index (χ2v) is 9.48. The summed E-state index contributed by atoms with van der Waals surface area (Å²) < 4.78 is 0. The molecule has 0 aromatic rings. The molecule has 1 rings (SSSR count). The Morgan fingerprint density at radius 1 is 1.00 bits per heavy atom. The van der Waals surface area contributed by atoms with Crippen LogP contribution >= 0.6 is 0 Å². The van der Waals surface area contributed by atoms with Gasteiger partial charge in [-0.1, -0.05) is 61.8 Å². The van der Waals surface area contributed by atoms with Gasteiger partial charge in [0.15, 0.2) is 0 Å². The van der Waals surface area contributed by atoms with Gasteiger partial charge in [-0.2, -0.15) is 0 Å². The van der Waals surface area contributed by atoms with Crippen LogP contribution in [0.2, 0.25) is 0 Å². The molecule has 0 radical (unpaired) electrons. The molecule has 4 unspecified atom stereocenters. The van der Waals surface area contributed by atoms with Crippen molar-refractivity contribution in [3.8, 4) is 0 Å². The van der Waals surface area contributed by atoms with Crippen LogP contribution in [0.4, 0.5) is 0 Å². The van der Waals surface area contributed by atoms with E-state index in [1.165, 1.54) is 38.5 Å². The molecule has 0 N–H and O–H groups in total. The van der Waals surface area contributed by atoms with Gasteiger partial charge in [0.05, 0.1) is 0 Å². The van der Waals surface area contributed by atoms with E-state index < -0.39 is 0 Å². The maximum atomic E-state index is 2.53. The summed E-state index contributed by atoms with van der Waals surface area (Å²) >= 11 is 0. The highest BCUT2D eigenvalue weighted by molar-refractivity contribution is 4.91. The van der Waals surface area contributed by atoms with Crippen molar-refractivity contribution in [3.63, 3.8) is 0 Å². The summed E-state index contributed by atoms with van der Waals surface area (Å²) in [6, 6.07) is 0. The Morgan fingerprint density at radius 3 is 2.05 bits per heavy atom. The van der Waals surface area contributed by atoms with Gasteiger partial charge < -0.3 is 0 Å². The van der Waals surface area contributed by atoms with Gasteiger partial charge in [-0.25, -0.2) is 0 Å². The average molecular weight is 295 g/mol. The molecular weight excluding hydrogens is 252 g/mol. The van der Waals surface area contributed by atoms with Crippen LogP contribution in [-0.2, 0) is 0 Å². The molecule has 0 amide bonds. The molecule has 1 saturated carbocycles. The Bertz CT molecular complexity index is 286. The Kier molecular flexibility index (Phi) is 7.28. The van der Waals surface area contributed by atoms with Crippen molar-refractivity contribution < 1.29 is 0 Å². The van der Waals surface area contributed by atoms with Crippen molar-refractivity contribution in [2.24, 2.45) is 40.9 Å². The van der Waals surface area contributed by atoms with Gasteiger partial charge in [-0.05, 0) is 73.0 Å². The van der Waals surface area contributed by atoms with E-state index in [0.717, 1.165) is 35.5 Å². The molecule has 0 nitrogen and oxygen atoms in total. The van der Waals surface area contributed by atoms with Crippen LogP contribution in [0.1, 0.15) is 93.9 Å². The highest BCUT2D eigenvalue weighted by Gasteiger charge is 2.41. The minimum absolute atomic E-state index is 0.546. The zero-order valence-electron chi connectivity index (χ0n) is 16.2. The van der Waals surface area contributed by atoms with Crippen LogP contribution in [0.25, 0.3) is 0 Å². The molecule has 21 heavy (non-hydrogen) atoms. The highest BCUT2D eigenvalue weighted by Crippen LogP contribution is 2.50. The van der Waals surface area contributed by atoms with Crippen LogP contribution in [0.5, 0.6) is 0 Å². The van der Waals surface area contributed by atoms with Crippen molar-refractivity contribution in [1.82, 2.24) is 0 Å². The standard InChI is InChI=1S/C21H42/c1-9-11-21(7,8)12-10-17(6)19(15(2)3)13-18-14-20(18)16(4)5/h15-20H,9-14H2,1-8H3. The summed E-state index contributed by atoms with van der Waals surface area (Å²) in [5, 5.41) is 0. The van der Waals surface area contributed by atoms with Crippen molar-refractivity contribution in [2.75, 3.05) is 0 Å². The Balaban J connectivity index is 2.45. The summed E-state index contributed by atoms with van der Waals surface area (Å²) in [7, 11) is 0. The van der Waals surface area contributed by atoms with Gasteiger partial charge in [0.2, 0.25) is 0 Å². The van der Waals surface area contributed by atoms with Gasteiger partial charge in [-0.15, -0.1) is 0 Å². The molecule has 0 bridgehead atoms. The molecule has 0 aromatic carbocycles. The lowest BCUT2D eigenvalue weighted by Crippen LogP contribution is -2.21. The van der Waals surface area contributed by atoms with Crippen LogP contribution < -0.4 is 0 Å². The maximum absolute atomic E-state index is 2.53. The first-order valence-electron chi connectivity index (χ1n) is 9.68. The first-order chi connectivity index (χ1) is 9.68. The van der Waals surface area contributed by atoms with E-state index in [2.05, 4.69) is 55.4 Å². The lowest BCUT2D eigenvalue weighted by molar-refractivity contribution is 0.191. The van der Waals surface area contributed by atoms with E-state index in [1.807, 2.05) is 0 Å². The van der Waals surface area contributed by atoms with Gasteiger partial charge in [0, 0.05) is 0 Å². The van der Waals surface area contributed by atoms with Crippen molar-refractivity contribution in [1.29, 1.82) is 0 Å². The van der Waals surface area contributed by atoms with Crippen LogP contribution in [0.15, 0.2) is 0 Å². The molecule has 0 heteroatoms. The van der Waals surface area contributed by atoms with E-state index >= 15 is 0 Å². The molecule has 1 aliphatic carbocycles. The first-order valence-corrected chi connectivity index (χ1v) is 9.68. The normalized spacial score (nSPS) is 25.4. The fourth-order valence-corrected chi connectivity index (χ4v) is 4.50. The number of rotatable bonds is 10. The topological polar surface area (TPSA) is 0 Å². The predicted molar refractivity (Wildman–Crippen MR) is 96.5 cm³/mol. The maximum Gasteiger partial charge on any atom is -0.0354 e. The zero-order valence-corrected chi connectivity index (χ0v) is 16.2. The SMILES string of the molecule is CCCC(C)(C)CCC(C)C(CC1CC1C(C)C)C(C)C. The number of hydrogen-bond acceptors (Lipinski definition) is 0. The minimum Gasteiger partial charge on any atom is -0.0654 e. The van der Waals surface area contributed by atoms with E-state index in [0.29, 0.717) is 5.41 Å². The third-order valence-electron chi connectivity index (χ3n) is 6.20. The molecule has 1 fully saturated rings. The summed E-state index contributed by atoms with van der Waals surface area (Å²) in [5.41, 5.74) is 0.546. The monoisotopic (exact) mass is 294 g/mol. The fourth-order valence-electron chi connectivity index (χ4n) is 4.50. The Hall–Kier alpha value is 0. The second-order valence-electron chi connectivity index (χ2n) is 9.48. The summed E-state index contributed by atoms with van der Waals surface area (Å²) in [4.78, 5) is 0. The first kappa shape index (κ1) is 19.0. The predicted octanol–water partition coefficient (Wildman–Crippen LogP) is 7.18. The minimum atomic E-state index is 0.546. The van der Waals surface area contributed by atoms with Gasteiger partial charge in [0.25, 0.3) is 0 Å². The average Bonchev–Trinajstić information content (AvgIpc) is 3.12. The van der Waals surface area contributed by atoms with E-state index in [4.69, 9.17) is 0 Å². The van der Waals surface area contributed by atoms with Crippen LogP contribution in [0, 0.1) is 40.9 Å². The van der Waals surface area contributed by atoms with Crippen LogP contribution in [0.3, 0.4) is 0 Å². The van der Waals surface area contributed by atoms with E-state index in [1.54, 1.807) is 0 Å². The molecule has 4 atom stereocenters. The Labute approximate surface area is 135 Å². The van der Waals surface area contributed by atoms with Crippen molar-refractivity contribution >= 4 is 0 Å². The fraction of sp³-hybridized carbons (Fsp3) is 1.00. The van der Waals surface area contributed by atoms with Crippen molar-refractivity contribution in [2.45, 2.75) is 93.9 Å². The molecule has 126 valence electrons. The third-order valence-corrected chi connectivity index (χ3v) is 6.20. The van der Waals surface area contributed by atoms with Gasteiger partial charge in [-0.3, -0.25) is 0 Å². The van der Waals surface area contributed by atoms with Gasteiger partial charge >= 0.3 is 0 Å². The van der Waals surface area contributed by atoms with Gasteiger partial charge in [0.1, 0.15) is 0 Å². The summed E-state index contributed by atoms with van der Waals surface area (Å²) in [5.74, 6) is 5.67. The lowest BCUT2D eigenvalue weighted by atomic mass is 9.74. The van der Waals surface area contributed by atoms with Crippen molar-refractivity contribution in [3.05, 3.63) is 0 Å². The smallest absolute Gasteiger partial charge is 0.0354 e. The van der Waals surface area contributed by atoms with E-state index in [9.17, 15) is 0 Å². The molecule has 1 aliphatic rings. The molecule has 0 saturated heterocycles. The lowest BCUT2D eigenvalue weighted by Gasteiger charge is -2.31. The van der Waals surface area contributed by atoms with E-state index in [-0.39, 0.29) is 0 Å². The van der Waals surface area contributed by atoms with Crippen LogP contribution in [-0.4, -0.2) is 0 Å².